The molecule has 0 amide bonds. The molecule has 2 rings (SSSR count). The van der Waals surface area contributed by atoms with Crippen molar-refractivity contribution in [3.8, 4) is 0 Å². The number of halogens is 1. The summed E-state index contributed by atoms with van der Waals surface area (Å²) < 4.78 is 0. The first-order valence-corrected chi connectivity index (χ1v) is 8.27. The van der Waals surface area contributed by atoms with Gasteiger partial charge in [-0.25, -0.2) is 0 Å². The van der Waals surface area contributed by atoms with E-state index >= 15 is 0 Å². The van der Waals surface area contributed by atoms with Crippen LogP contribution in [-0.4, -0.2) is 31.1 Å². The van der Waals surface area contributed by atoms with Crippen LogP contribution in [0, 0.1) is 5.41 Å². The van der Waals surface area contributed by atoms with Crippen molar-refractivity contribution >= 4 is 17.3 Å². The van der Waals surface area contributed by atoms with Crippen LogP contribution >= 0.6 is 11.6 Å². The van der Waals surface area contributed by atoms with Crippen LogP contribution in [0.2, 0.25) is 5.02 Å². The van der Waals surface area contributed by atoms with Gasteiger partial charge in [-0.05, 0) is 55.6 Å². The van der Waals surface area contributed by atoms with Gasteiger partial charge in [-0.1, -0.05) is 38.3 Å². The minimum absolute atomic E-state index is 0.625. The van der Waals surface area contributed by atoms with Crippen molar-refractivity contribution < 1.29 is 0 Å². The van der Waals surface area contributed by atoms with Gasteiger partial charge in [0, 0.05) is 23.8 Å². The fourth-order valence-electron chi connectivity index (χ4n) is 3.13. The predicted molar refractivity (Wildman–Crippen MR) is 88.6 cm³/mol. The minimum Gasteiger partial charge on any atom is -0.384 e. The highest BCUT2D eigenvalue weighted by atomic mass is 35.5. The second kappa shape index (κ2) is 7.33. The average Bonchev–Trinajstić information content (AvgIpc) is 2.50. The average molecular weight is 295 g/mol. The van der Waals surface area contributed by atoms with E-state index in [1.165, 1.54) is 38.8 Å². The summed E-state index contributed by atoms with van der Waals surface area (Å²) in [5.41, 5.74) is 1.78. The number of nitrogens with zero attached hydrogens (tertiary/aromatic N) is 1. The smallest absolute Gasteiger partial charge is 0.0407 e. The molecule has 112 valence electrons. The lowest BCUT2D eigenvalue weighted by atomic mass is 9.74. The molecular weight excluding hydrogens is 268 g/mol. The van der Waals surface area contributed by atoms with Crippen molar-refractivity contribution in [3.05, 3.63) is 29.3 Å². The van der Waals surface area contributed by atoms with Gasteiger partial charge in [0.2, 0.25) is 0 Å². The summed E-state index contributed by atoms with van der Waals surface area (Å²) >= 11 is 5.89. The predicted octanol–water partition coefficient (Wildman–Crippen LogP) is 4.65. The van der Waals surface area contributed by atoms with Crippen LogP contribution in [0.1, 0.15) is 39.5 Å². The van der Waals surface area contributed by atoms with Crippen molar-refractivity contribution in [2.45, 2.75) is 39.5 Å². The van der Waals surface area contributed by atoms with Crippen LogP contribution in [-0.2, 0) is 0 Å². The van der Waals surface area contributed by atoms with E-state index < -0.39 is 0 Å². The van der Waals surface area contributed by atoms with Crippen LogP contribution in [0.4, 0.5) is 5.69 Å². The molecule has 0 unspecified atom stereocenters. The SMILES string of the molecule is CCC1(CC)CCN(CCNc2ccc(Cl)cc2)CC1. The third-order valence-electron chi connectivity index (χ3n) is 5.02. The number of benzene rings is 1. The van der Waals surface area contributed by atoms with E-state index in [1.807, 2.05) is 24.3 Å². The normalized spacial score (nSPS) is 18.9. The summed E-state index contributed by atoms with van der Waals surface area (Å²) in [5.74, 6) is 0. The standard InChI is InChI=1S/C17H27ClN2/c1-3-17(4-2)9-12-20(13-10-17)14-11-19-16-7-5-15(18)6-8-16/h5-8,19H,3-4,9-14H2,1-2H3. The maximum Gasteiger partial charge on any atom is 0.0407 e. The molecule has 3 heteroatoms. The van der Waals surface area contributed by atoms with Gasteiger partial charge in [-0.15, -0.1) is 0 Å². The molecule has 1 N–H and O–H groups in total. The summed E-state index contributed by atoms with van der Waals surface area (Å²) in [7, 11) is 0. The van der Waals surface area contributed by atoms with E-state index in [0.717, 1.165) is 23.8 Å². The molecule has 1 fully saturated rings. The molecule has 0 atom stereocenters. The van der Waals surface area contributed by atoms with Gasteiger partial charge in [0.25, 0.3) is 0 Å². The Morgan fingerprint density at radius 1 is 1.10 bits per heavy atom. The van der Waals surface area contributed by atoms with Crippen LogP contribution in [0.15, 0.2) is 24.3 Å². The van der Waals surface area contributed by atoms with Crippen LogP contribution in [0.5, 0.6) is 0 Å². The monoisotopic (exact) mass is 294 g/mol. The van der Waals surface area contributed by atoms with Crippen molar-refractivity contribution in [2.24, 2.45) is 5.41 Å². The topological polar surface area (TPSA) is 15.3 Å². The molecular formula is C17H27ClN2. The number of hydrogen-bond acceptors (Lipinski definition) is 2. The fraction of sp³-hybridized carbons (Fsp3) is 0.647. The van der Waals surface area contributed by atoms with Crippen molar-refractivity contribution in [2.75, 3.05) is 31.5 Å². The van der Waals surface area contributed by atoms with Crippen molar-refractivity contribution in [1.29, 1.82) is 0 Å². The van der Waals surface area contributed by atoms with Gasteiger partial charge in [-0.3, -0.25) is 0 Å². The Hall–Kier alpha value is -0.730. The zero-order valence-corrected chi connectivity index (χ0v) is 13.5. The summed E-state index contributed by atoms with van der Waals surface area (Å²) in [6.07, 6.45) is 5.39. The fourth-order valence-corrected chi connectivity index (χ4v) is 3.26. The van der Waals surface area contributed by atoms with E-state index in [-0.39, 0.29) is 0 Å². The Bertz CT molecular complexity index is 388. The van der Waals surface area contributed by atoms with E-state index in [2.05, 4.69) is 24.1 Å². The van der Waals surface area contributed by atoms with Crippen LogP contribution in [0.3, 0.4) is 0 Å². The molecule has 1 aliphatic rings. The zero-order chi connectivity index (χ0) is 14.4. The molecule has 1 aromatic carbocycles. The number of likely N-dealkylation sites (tertiary alicyclic amines) is 1. The molecule has 0 aliphatic carbocycles. The number of piperidine rings is 1. The molecule has 1 aliphatic heterocycles. The van der Waals surface area contributed by atoms with E-state index in [9.17, 15) is 0 Å². The molecule has 1 saturated heterocycles. The van der Waals surface area contributed by atoms with Gasteiger partial charge in [0.1, 0.15) is 0 Å². The Morgan fingerprint density at radius 3 is 2.25 bits per heavy atom. The second-order valence-electron chi connectivity index (χ2n) is 5.98. The highest BCUT2D eigenvalue weighted by Gasteiger charge is 2.30. The second-order valence-corrected chi connectivity index (χ2v) is 6.42. The Labute approximate surface area is 128 Å². The van der Waals surface area contributed by atoms with Crippen molar-refractivity contribution in [3.63, 3.8) is 0 Å². The molecule has 1 aromatic rings. The highest BCUT2D eigenvalue weighted by molar-refractivity contribution is 6.30. The van der Waals surface area contributed by atoms with Gasteiger partial charge in [0.05, 0.1) is 0 Å². The maximum atomic E-state index is 5.89. The number of nitrogens with one attached hydrogen (secondary N) is 1. The molecule has 0 aromatic heterocycles. The number of hydrogen-bond donors (Lipinski definition) is 1. The van der Waals surface area contributed by atoms with E-state index in [0.29, 0.717) is 5.41 Å². The summed E-state index contributed by atoms with van der Waals surface area (Å²) in [5, 5.41) is 4.26. The lowest BCUT2D eigenvalue weighted by Crippen LogP contribution is -2.41. The Morgan fingerprint density at radius 2 is 1.70 bits per heavy atom. The first-order chi connectivity index (χ1) is 9.67. The summed E-state index contributed by atoms with van der Waals surface area (Å²) in [6.45, 7) is 9.34. The molecule has 0 saturated carbocycles. The first-order valence-electron chi connectivity index (χ1n) is 7.89. The van der Waals surface area contributed by atoms with Gasteiger partial charge < -0.3 is 10.2 Å². The molecule has 0 spiro atoms. The molecule has 0 radical (unpaired) electrons. The van der Waals surface area contributed by atoms with Gasteiger partial charge >= 0.3 is 0 Å². The lowest BCUT2D eigenvalue weighted by Gasteiger charge is -2.41. The van der Waals surface area contributed by atoms with Crippen LogP contribution < -0.4 is 5.32 Å². The molecule has 20 heavy (non-hydrogen) atoms. The molecule has 2 nitrogen and oxygen atoms in total. The number of anilines is 1. The third-order valence-corrected chi connectivity index (χ3v) is 5.27. The highest BCUT2D eigenvalue weighted by Crippen LogP contribution is 2.37. The lowest BCUT2D eigenvalue weighted by molar-refractivity contribution is 0.0983. The van der Waals surface area contributed by atoms with E-state index in [4.69, 9.17) is 11.6 Å². The largest absolute Gasteiger partial charge is 0.384 e. The zero-order valence-electron chi connectivity index (χ0n) is 12.8. The molecule has 1 heterocycles. The van der Waals surface area contributed by atoms with Gasteiger partial charge in [-0.2, -0.15) is 0 Å². The summed E-state index contributed by atoms with van der Waals surface area (Å²) in [6, 6.07) is 7.94. The van der Waals surface area contributed by atoms with Crippen molar-refractivity contribution in [1.82, 2.24) is 4.90 Å². The van der Waals surface area contributed by atoms with Crippen LogP contribution in [0.25, 0.3) is 0 Å². The molecule has 0 bridgehead atoms. The number of rotatable bonds is 6. The summed E-state index contributed by atoms with van der Waals surface area (Å²) in [4.78, 5) is 2.59. The maximum absolute atomic E-state index is 5.89. The quantitative estimate of drug-likeness (QED) is 0.821. The van der Waals surface area contributed by atoms with Gasteiger partial charge in [0.15, 0.2) is 0 Å². The third kappa shape index (κ3) is 4.13. The van der Waals surface area contributed by atoms with E-state index in [1.54, 1.807) is 0 Å². The first kappa shape index (κ1) is 15.7. The Kier molecular flexibility index (Phi) is 5.74. The minimum atomic E-state index is 0.625. The Balaban J connectivity index is 1.70.